The number of rotatable bonds is 12. The molecule has 0 bridgehead atoms. The molecule has 0 fully saturated rings. The molecule has 29 heavy (non-hydrogen) atoms. The number of hydrogen-bond donors (Lipinski definition) is 4. The Morgan fingerprint density at radius 3 is 2.66 bits per heavy atom. The molecule has 1 rings (SSSR count). The van der Waals surface area contributed by atoms with Gasteiger partial charge in [-0.25, -0.2) is 4.79 Å². The largest absolute Gasteiger partial charge is 0.455 e. The van der Waals surface area contributed by atoms with Crippen molar-refractivity contribution in [3.05, 3.63) is 60.8 Å². The molecule has 1 heterocycles. The second-order valence-electron chi connectivity index (χ2n) is 6.54. The molecule has 0 saturated heterocycles. The number of ether oxygens (including phenoxy) is 2. The molecular weight excluding hydrogens is 399 g/mol. The van der Waals surface area contributed by atoms with Crippen LogP contribution >= 0.6 is 7.60 Å². The topological polar surface area (TPSA) is 134 Å². The normalized spacial score (nSPS) is 21.4. The van der Waals surface area contributed by atoms with Gasteiger partial charge in [-0.1, -0.05) is 55.5 Å². The summed E-state index contributed by atoms with van der Waals surface area (Å²) >= 11 is 0. The Balaban J connectivity index is 2.70. The van der Waals surface area contributed by atoms with Crippen molar-refractivity contribution in [3.8, 4) is 0 Å². The van der Waals surface area contributed by atoms with Crippen LogP contribution in [0, 0.1) is 5.92 Å². The van der Waals surface area contributed by atoms with Crippen LogP contribution in [0.25, 0.3) is 0 Å². The predicted molar refractivity (Wildman–Crippen MR) is 109 cm³/mol. The molecule has 0 saturated carbocycles. The summed E-state index contributed by atoms with van der Waals surface area (Å²) < 4.78 is 21.7. The number of carbonyl (C=O) groups excluding carboxylic acids is 1. The lowest BCUT2D eigenvalue weighted by Crippen LogP contribution is -2.26. The maximum atomic E-state index is 11.3. The summed E-state index contributed by atoms with van der Waals surface area (Å²) in [6.07, 6.45) is 14.2. The van der Waals surface area contributed by atoms with E-state index in [2.05, 4.69) is 0 Å². The fraction of sp³-hybridized carbons (Fsp3) is 0.450. The standard InChI is InChI=1S/C20H29O8P/c1-16(11-12-18-9-7-10-20(23)28-18)19(27-15-29(24,25)26)14-17(22)8-5-3-2-4-6-13-21/h2-8,10-12,16-19,21-22H,9,13-15H2,1H3,(H2,24,25,26)/b3-2-,6-4+,8-5-,12-11+/t16-,17-,18+,19?/m0/s1. The van der Waals surface area contributed by atoms with Gasteiger partial charge < -0.3 is 29.5 Å². The van der Waals surface area contributed by atoms with Gasteiger partial charge in [0.2, 0.25) is 0 Å². The van der Waals surface area contributed by atoms with Crippen LogP contribution in [0.1, 0.15) is 19.8 Å². The van der Waals surface area contributed by atoms with E-state index in [0.29, 0.717) is 6.42 Å². The van der Waals surface area contributed by atoms with E-state index in [1.807, 2.05) is 0 Å². The zero-order chi connectivity index (χ0) is 21.7. The summed E-state index contributed by atoms with van der Waals surface area (Å²) in [5.74, 6) is -0.715. The summed E-state index contributed by atoms with van der Waals surface area (Å²) in [6, 6.07) is 0. The molecule has 1 aliphatic heterocycles. The average molecular weight is 428 g/mol. The van der Waals surface area contributed by atoms with Crippen LogP contribution in [-0.4, -0.2) is 57.2 Å². The number of carbonyl (C=O) groups is 1. The molecule has 1 unspecified atom stereocenters. The molecular formula is C20H29O8P. The van der Waals surface area contributed by atoms with Gasteiger partial charge in [-0.2, -0.15) is 0 Å². The van der Waals surface area contributed by atoms with E-state index in [1.165, 1.54) is 12.2 Å². The van der Waals surface area contributed by atoms with Crippen LogP contribution in [-0.2, 0) is 18.8 Å². The van der Waals surface area contributed by atoms with Gasteiger partial charge in [0.15, 0.2) is 0 Å². The van der Waals surface area contributed by atoms with Gasteiger partial charge in [0, 0.05) is 24.8 Å². The van der Waals surface area contributed by atoms with E-state index in [1.54, 1.807) is 55.5 Å². The predicted octanol–water partition coefficient (Wildman–Crippen LogP) is 1.98. The third-order valence-electron chi connectivity index (χ3n) is 3.94. The second-order valence-corrected chi connectivity index (χ2v) is 8.13. The first-order valence-electron chi connectivity index (χ1n) is 9.22. The first-order chi connectivity index (χ1) is 13.7. The van der Waals surface area contributed by atoms with Gasteiger partial charge in [-0.3, -0.25) is 4.57 Å². The van der Waals surface area contributed by atoms with Crippen LogP contribution in [0.2, 0.25) is 0 Å². The fourth-order valence-corrected chi connectivity index (χ4v) is 2.87. The molecule has 8 nitrogen and oxygen atoms in total. The molecule has 0 radical (unpaired) electrons. The highest BCUT2D eigenvalue weighted by Gasteiger charge is 2.24. The van der Waals surface area contributed by atoms with Gasteiger partial charge in [0.25, 0.3) is 0 Å². The van der Waals surface area contributed by atoms with Crippen molar-refractivity contribution in [2.45, 2.75) is 38.1 Å². The van der Waals surface area contributed by atoms with Crippen molar-refractivity contribution in [2.24, 2.45) is 5.92 Å². The SMILES string of the molecule is C[C@@H](/C=C/[C@H]1CC=CC(=O)O1)C(C[C@@H](O)\C=C/C=C\C=C\CO)OCP(=O)(O)O. The number of aliphatic hydroxyl groups excluding tert-OH is 2. The van der Waals surface area contributed by atoms with Crippen molar-refractivity contribution < 1.29 is 38.8 Å². The molecule has 0 aromatic rings. The Morgan fingerprint density at radius 2 is 2.00 bits per heavy atom. The van der Waals surface area contributed by atoms with E-state index in [-0.39, 0.29) is 18.9 Å². The summed E-state index contributed by atoms with van der Waals surface area (Å²) in [6.45, 7) is 1.73. The van der Waals surface area contributed by atoms with Crippen molar-refractivity contribution in [2.75, 3.05) is 13.0 Å². The number of allylic oxidation sites excluding steroid dienone is 4. The van der Waals surface area contributed by atoms with Gasteiger partial charge in [-0.05, 0) is 6.08 Å². The second kappa shape index (κ2) is 13.4. The molecule has 162 valence electrons. The van der Waals surface area contributed by atoms with E-state index in [4.69, 9.17) is 24.4 Å². The Bertz CT molecular complexity index is 689. The van der Waals surface area contributed by atoms with Gasteiger partial charge in [0.1, 0.15) is 12.5 Å². The maximum Gasteiger partial charge on any atom is 0.350 e. The summed E-state index contributed by atoms with van der Waals surface area (Å²) in [7, 11) is -4.36. The van der Waals surface area contributed by atoms with Crippen LogP contribution in [0.15, 0.2) is 60.8 Å². The van der Waals surface area contributed by atoms with Crippen LogP contribution < -0.4 is 0 Å². The quantitative estimate of drug-likeness (QED) is 0.161. The van der Waals surface area contributed by atoms with Gasteiger partial charge >= 0.3 is 13.6 Å². The third-order valence-corrected chi connectivity index (χ3v) is 4.43. The Morgan fingerprint density at radius 1 is 1.28 bits per heavy atom. The number of hydrogen-bond acceptors (Lipinski definition) is 6. The minimum absolute atomic E-state index is 0.0585. The molecule has 1 aliphatic rings. The van der Waals surface area contributed by atoms with E-state index in [9.17, 15) is 14.5 Å². The zero-order valence-corrected chi connectivity index (χ0v) is 17.2. The highest BCUT2D eigenvalue weighted by Crippen LogP contribution is 2.35. The molecule has 9 heteroatoms. The average Bonchev–Trinajstić information content (AvgIpc) is 2.65. The summed E-state index contributed by atoms with van der Waals surface area (Å²) in [5, 5.41) is 18.8. The number of cyclic esters (lactones) is 1. The Labute approximate surface area is 170 Å². The van der Waals surface area contributed by atoms with Crippen molar-refractivity contribution in [3.63, 3.8) is 0 Å². The number of aliphatic hydroxyl groups is 2. The van der Waals surface area contributed by atoms with E-state index in [0.717, 1.165) is 0 Å². The lowest BCUT2D eigenvalue weighted by Gasteiger charge is -2.24. The monoisotopic (exact) mass is 428 g/mol. The number of esters is 1. The van der Waals surface area contributed by atoms with Crippen molar-refractivity contribution in [1.29, 1.82) is 0 Å². The van der Waals surface area contributed by atoms with Crippen molar-refractivity contribution in [1.82, 2.24) is 0 Å². The fourth-order valence-electron chi connectivity index (χ4n) is 2.48. The lowest BCUT2D eigenvalue weighted by atomic mass is 9.97. The van der Waals surface area contributed by atoms with Crippen LogP contribution in [0.4, 0.5) is 0 Å². The Hall–Kier alpha value is -1.80. The molecule has 0 aromatic carbocycles. The highest BCUT2D eigenvalue weighted by atomic mass is 31.2. The first-order valence-corrected chi connectivity index (χ1v) is 11.0. The van der Waals surface area contributed by atoms with Crippen molar-refractivity contribution >= 4 is 13.6 Å². The smallest absolute Gasteiger partial charge is 0.350 e. The molecule has 0 aliphatic carbocycles. The molecule has 4 N–H and O–H groups in total. The van der Waals surface area contributed by atoms with Gasteiger partial charge in [0.05, 0.1) is 18.8 Å². The maximum absolute atomic E-state index is 11.3. The summed E-state index contributed by atoms with van der Waals surface area (Å²) in [5.41, 5.74) is 0. The molecule has 0 aromatic heterocycles. The van der Waals surface area contributed by atoms with E-state index < -0.39 is 38.2 Å². The molecule has 0 spiro atoms. The summed E-state index contributed by atoms with van der Waals surface area (Å²) in [4.78, 5) is 29.4. The third kappa shape index (κ3) is 12.4. The minimum Gasteiger partial charge on any atom is -0.455 e. The van der Waals surface area contributed by atoms with Crippen LogP contribution in [0.5, 0.6) is 0 Å². The molecule has 0 amide bonds. The van der Waals surface area contributed by atoms with Crippen LogP contribution in [0.3, 0.4) is 0 Å². The molecule has 4 atom stereocenters. The van der Waals surface area contributed by atoms with E-state index >= 15 is 0 Å². The minimum atomic E-state index is -4.36. The highest BCUT2D eigenvalue weighted by molar-refractivity contribution is 7.51. The Kier molecular flexibility index (Phi) is 11.7. The first kappa shape index (κ1) is 25.2. The lowest BCUT2D eigenvalue weighted by molar-refractivity contribution is -0.141. The van der Waals surface area contributed by atoms with Gasteiger partial charge in [-0.15, -0.1) is 0 Å². The zero-order valence-electron chi connectivity index (χ0n) is 16.3.